The lowest BCUT2D eigenvalue weighted by molar-refractivity contribution is 1.27. The molecular weight excluding hydrogens is 220 g/mol. The van der Waals surface area contributed by atoms with Crippen LogP contribution < -0.4 is 5.73 Å². The van der Waals surface area contributed by atoms with Crippen molar-refractivity contribution in [3.05, 3.63) is 29.3 Å². The quantitative estimate of drug-likeness (QED) is 0.630. The zero-order valence-corrected chi connectivity index (χ0v) is 11.9. The first-order chi connectivity index (χ1) is 7.00. The molecule has 0 radical (unpaired) electrons. The third-order valence-electron chi connectivity index (χ3n) is 2.27. The van der Waals surface area contributed by atoms with Gasteiger partial charge in [0.25, 0.3) is 0 Å². The Labute approximate surface area is 96.0 Å². The molecule has 0 aromatic heterocycles. The minimum absolute atomic E-state index is 0.0931. The molecule has 0 amide bonds. The van der Waals surface area contributed by atoms with Gasteiger partial charge >= 0.3 is 0 Å². The largest absolute Gasteiger partial charge is 0.398 e. The molecule has 0 bridgehead atoms. The zero-order valence-electron chi connectivity index (χ0n) is 10.1. The lowest BCUT2D eigenvalue weighted by atomic mass is 10.1. The molecule has 0 aliphatic rings. The predicted octanol–water partition coefficient (Wildman–Crippen LogP) is 3.75. The van der Waals surface area contributed by atoms with Gasteiger partial charge in [-0.1, -0.05) is 12.1 Å². The molecule has 84 valence electrons. The number of nitrogens with two attached hydrogens (primary N) is 1. The molecule has 15 heavy (non-hydrogen) atoms. The summed E-state index contributed by atoms with van der Waals surface area (Å²) in [4.78, 5) is 0. The topological polar surface area (TPSA) is 26.0 Å². The van der Waals surface area contributed by atoms with Crippen molar-refractivity contribution >= 4 is 21.5 Å². The van der Waals surface area contributed by atoms with Gasteiger partial charge in [-0.25, -0.2) is 0 Å². The second-order valence-electron chi connectivity index (χ2n) is 4.46. The van der Waals surface area contributed by atoms with E-state index in [1.807, 2.05) is 6.07 Å². The van der Waals surface area contributed by atoms with Crippen molar-refractivity contribution < 1.29 is 0 Å². The number of hydrogen-bond acceptors (Lipinski definition) is 1. The molecule has 1 aromatic rings. The normalized spacial score (nSPS) is 11.3. The maximum atomic E-state index is 6.06. The Hall–Kier alpha value is -0.120. The van der Waals surface area contributed by atoms with Gasteiger partial charge in [0.15, 0.2) is 0 Å². The molecule has 0 spiro atoms. The third-order valence-corrected chi connectivity index (χ3v) is 4.19. The van der Waals surface area contributed by atoms with Crippen LogP contribution in [0.4, 0.5) is 5.69 Å². The summed E-state index contributed by atoms with van der Waals surface area (Å²) in [6.45, 7) is 9.27. The summed E-state index contributed by atoms with van der Waals surface area (Å²) in [5, 5.41) is 0. The van der Waals surface area contributed by atoms with Gasteiger partial charge in [0.1, 0.15) is 0 Å². The molecule has 0 saturated heterocycles. The fourth-order valence-corrected chi connectivity index (χ4v) is 3.65. The van der Waals surface area contributed by atoms with Crippen molar-refractivity contribution in [3.8, 4) is 0 Å². The minimum Gasteiger partial charge on any atom is -0.398 e. The summed E-state index contributed by atoms with van der Waals surface area (Å²) in [6.07, 6.45) is 2.37. The summed E-state index contributed by atoms with van der Waals surface area (Å²) < 4.78 is 0. The second-order valence-corrected chi connectivity index (χ2v) is 9.41. The molecule has 0 heterocycles. The summed E-state index contributed by atoms with van der Waals surface area (Å²) in [5.74, 6) is 0. The third kappa shape index (κ3) is 4.09. The molecule has 1 rings (SSSR count). The number of anilines is 1. The molecule has 1 nitrogen and oxygen atoms in total. The molecule has 0 aliphatic carbocycles. The van der Waals surface area contributed by atoms with Gasteiger partial charge in [-0.15, -0.1) is 15.8 Å². The Bertz CT molecular complexity index is 321. The second kappa shape index (κ2) is 5.83. The molecule has 0 atom stereocenters. The van der Waals surface area contributed by atoms with E-state index in [0.29, 0.717) is 0 Å². The van der Waals surface area contributed by atoms with Crippen LogP contribution in [0.15, 0.2) is 18.2 Å². The lowest BCUT2D eigenvalue weighted by Gasteiger charge is -2.16. The summed E-state index contributed by atoms with van der Waals surface area (Å²) in [6, 6.07) is 6.36. The molecule has 1 aromatic carbocycles. The van der Waals surface area contributed by atoms with Crippen LogP contribution >= 0.6 is 15.8 Å². The average molecular weight is 241 g/mol. The fraction of sp³-hybridized carbons (Fsp3) is 0.500. The Kier molecular flexibility index (Phi) is 5.03. The fourth-order valence-electron chi connectivity index (χ4n) is 1.65. The van der Waals surface area contributed by atoms with Crippen molar-refractivity contribution in [1.82, 2.24) is 0 Å². The predicted molar refractivity (Wildman–Crippen MR) is 75.8 cm³/mol. The van der Waals surface area contributed by atoms with Crippen molar-refractivity contribution in [2.75, 3.05) is 32.4 Å². The molecule has 3 heteroatoms. The van der Waals surface area contributed by atoms with Crippen LogP contribution in [0.5, 0.6) is 0 Å². The highest BCUT2D eigenvalue weighted by molar-refractivity contribution is 7.55. The summed E-state index contributed by atoms with van der Waals surface area (Å²) in [7, 11) is 0.214. The minimum atomic E-state index is 0.0931. The zero-order chi connectivity index (χ0) is 11.4. The van der Waals surface area contributed by atoms with Crippen molar-refractivity contribution in [1.29, 1.82) is 0 Å². The van der Waals surface area contributed by atoms with Gasteiger partial charge in [0, 0.05) is 5.69 Å². The Balaban J connectivity index is 2.97. The van der Waals surface area contributed by atoms with Crippen molar-refractivity contribution in [2.24, 2.45) is 0 Å². The first-order valence-electron chi connectivity index (χ1n) is 5.16. The van der Waals surface area contributed by atoms with E-state index in [1.54, 1.807) is 0 Å². The van der Waals surface area contributed by atoms with E-state index in [9.17, 15) is 0 Å². The van der Waals surface area contributed by atoms with Gasteiger partial charge in [0.05, 0.1) is 0 Å². The van der Waals surface area contributed by atoms with Crippen molar-refractivity contribution in [2.45, 2.75) is 12.3 Å². The molecule has 2 N–H and O–H groups in total. The first kappa shape index (κ1) is 12.9. The maximum Gasteiger partial charge on any atom is 0.0353 e. The molecule has 0 unspecified atom stereocenters. The Morgan fingerprint density at radius 1 is 1.00 bits per heavy atom. The summed E-state index contributed by atoms with van der Waals surface area (Å²) >= 11 is 0. The SMILES string of the molecule is CP(C)Cc1cccc(N)c1CP(C)C. The van der Waals surface area contributed by atoms with Crippen molar-refractivity contribution in [3.63, 3.8) is 0 Å². The maximum absolute atomic E-state index is 6.06. The smallest absolute Gasteiger partial charge is 0.0353 e. The van der Waals surface area contributed by atoms with Crippen LogP contribution in [0.3, 0.4) is 0 Å². The van der Waals surface area contributed by atoms with Gasteiger partial charge in [-0.3, -0.25) is 0 Å². The van der Waals surface area contributed by atoms with E-state index in [-0.39, 0.29) is 15.8 Å². The van der Waals surface area contributed by atoms with E-state index >= 15 is 0 Å². The standard InChI is InChI=1S/C12H21NP2/c1-14(2)8-10-6-5-7-12(13)11(10)9-15(3)4/h5-7H,8-9,13H2,1-4H3. The van der Waals surface area contributed by atoms with Crippen LogP contribution in [0.25, 0.3) is 0 Å². The number of nitrogen functional groups attached to an aromatic ring is 1. The Morgan fingerprint density at radius 2 is 1.60 bits per heavy atom. The number of hydrogen-bond donors (Lipinski definition) is 1. The monoisotopic (exact) mass is 241 g/mol. The Morgan fingerprint density at radius 3 is 2.13 bits per heavy atom. The molecule has 0 aliphatic heterocycles. The van der Waals surface area contributed by atoms with Crippen LogP contribution in [0.2, 0.25) is 0 Å². The van der Waals surface area contributed by atoms with Gasteiger partial charge in [0.2, 0.25) is 0 Å². The average Bonchev–Trinajstić information content (AvgIpc) is 2.09. The van der Waals surface area contributed by atoms with Gasteiger partial charge in [-0.2, -0.15) is 0 Å². The first-order valence-corrected chi connectivity index (χ1v) is 10.0. The number of rotatable bonds is 4. The molecule has 0 fully saturated rings. The highest BCUT2D eigenvalue weighted by atomic mass is 31.1. The van der Waals surface area contributed by atoms with Crippen LogP contribution in [-0.4, -0.2) is 26.7 Å². The van der Waals surface area contributed by atoms with Crippen LogP contribution in [0, 0.1) is 0 Å². The number of benzene rings is 1. The highest BCUT2D eigenvalue weighted by Gasteiger charge is 2.08. The van der Waals surface area contributed by atoms with E-state index < -0.39 is 0 Å². The lowest BCUT2D eigenvalue weighted by Crippen LogP contribution is -1.99. The molecular formula is C12H21NP2. The van der Waals surface area contributed by atoms with Gasteiger partial charge < -0.3 is 5.73 Å². The van der Waals surface area contributed by atoms with Crippen LogP contribution in [0.1, 0.15) is 11.1 Å². The van der Waals surface area contributed by atoms with E-state index in [0.717, 1.165) is 5.69 Å². The van der Waals surface area contributed by atoms with Crippen LogP contribution in [-0.2, 0) is 12.3 Å². The highest BCUT2D eigenvalue weighted by Crippen LogP contribution is 2.38. The van der Waals surface area contributed by atoms with E-state index in [4.69, 9.17) is 5.73 Å². The van der Waals surface area contributed by atoms with E-state index in [1.165, 1.54) is 23.5 Å². The summed E-state index contributed by atoms with van der Waals surface area (Å²) in [5.41, 5.74) is 9.93. The van der Waals surface area contributed by atoms with Gasteiger partial charge in [-0.05, 0) is 56.2 Å². The molecule has 0 saturated carbocycles. The van der Waals surface area contributed by atoms with E-state index in [2.05, 4.69) is 38.8 Å².